The van der Waals surface area contributed by atoms with Crippen molar-refractivity contribution in [3.63, 3.8) is 0 Å². The average molecular weight is 354 g/mol. The van der Waals surface area contributed by atoms with Crippen LogP contribution in [0.25, 0.3) is 0 Å². The molecule has 0 unspecified atom stereocenters. The van der Waals surface area contributed by atoms with Crippen molar-refractivity contribution < 1.29 is 9.72 Å². The minimum atomic E-state index is -0.700. The second-order valence-corrected chi connectivity index (χ2v) is 5.15. The van der Waals surface area contributed by atoms with E-state index in [9.17, 15) is 14.9 Å². The third-order valence-electron chi connectivity index (χ3n) is 1.91. The molecule has 0 saturated carbocycles. The fourth-order valence-electron chi connectivity index (χ4n) is 1.12. The molecular weight excluding hydrogens is 347 g/mol. The predicted octanol–water partition coefficient (Wildman–Crippen LogP) is 3.54. The summed E-state index contributed by atoms with van der Waals surface area (Å²) in [6, 6.07) is 2.34. The molecule has 0 atom stereocenters. The maximum absolute atomic E-state index is 11.7. The smallest absolute Gasteiger partial charge is 0.290 e. The first-order valence-electron chi connectivity index (χ1n) is 4.58. The van der Waals surface area contributed by atoms with Crippen LogP contribution in [0.2, 0.25) is 10.0 Å². The van der Waals surface area contributed by atoms with Crippen LogP contribution in [0, 0.1) is 10.1 Å². The SMILES string of the molecule is C=C(Br)CNC(=O)c1cc(Cl)c(Cl)c([N+](=O)[O-])c1. The van der Waals surface area contributed by atoms with Crippen LogP contribution in [0.1, 0.15) is 10.4 Å². The fourth-order valence-corrected chi connectivity index (χ4v) is 1.65. The number of nitro groups is 1. The van der Waals surface area contributed by atoms with Gasteiger partial charge in [-0.2, -0.15) is 0 Å². The van der Waals surface area contributed by atoms with Gasteiger partial charge in [-0.05, 0) is 6.07 Å². The van der Waals surface area contributed by atoms with Crippen molar-refractivity contribution in [2.75, 3.05) is 6.54 Å². The predicted molar refractivity (Wildman–Crippen MR) is 73.5 cm³/mol. The zero-order chi connectivity index (χ0) is 13.9. The van der Waals surface area contributed by atoms with Gasteiger partial charge in [-0.3, -0.25) is 14.9 Å². The molecule has 0 heterocycles. The third kappa shape index (κ3) is 3.69. The van der Waals surface area contributed by atoms with E-state index in [4.69, 9.17) is 23.2 Å². The molecule has 0 fully saturated rings. The van der Waals surface area contributed by atoms with E-state index in [2.05, 4.69) is 27.8 Å². The van der Waals surface area contributed by atoms with Crippen LogP contribution in [-0.4, -0.2) is 17.4 Å². The van der Waals surface area contributed by atoms with E-state index in [0.717, 1.165) is 6.07 Å². The molecule has 96 valence electrons. The van der Waals surface area contributed by atoms with Gasteiger partial charge < -0.3 is 5.32 Å². The number of carbonyl (C=O) groups excluding carboxylic acids is 1. The lowest BCUT2D eigenvalue weighted by Crippen LogP contribution is -2.24. The van der Waals surface area contributed by atoms with Crippen molar-refractivity contribution in [2.24, 2.45) is 0 Å². The summed E-state index contributed by atoms with van der Waals surface area (Å²) < 4.78 is 0.574. The van der Waals surface area contributed by atoms with Gasteiger partial charge in [0, 0.05) is 22.7 Å². The fraction of sp³-hybridized carbons (Fsp3) is 0.100. The first-order chi connectivity index (χ1) is 8.32. The van der Waals surface area contributed by atoms with Crippen LogP contribution in [-0.2, 0) is 0 Å². The zero-order valence-corrected chi connectivity index (χ0v) is 12.0. The topological polar surface area (TPSA) is 72.2 Å². The van der Waals surface area contributed by atoms with Crippen LogP contribution < -0.4 is 5.32 Å². The molecule has 18 heavy (non-hydrogen) atoms. The van der Waals surface area contributed by atoms with Crippen molar-refractivity contribution in [1.29, 1.82) is 0 Å². The number of rotatable bonds is 4. The maximum Gasteiger partial charge on any atom is 0.290 e. The highest BCUT2D eigenvalue weighted by molar-refractivity contribution is 9.11. The van der Waals surface area contributed by atoms with Gasteiger partial charge in [0.05, 0.1) is 9.95 Å². The van der Waals surface area contributed by atoms with Gasteiger partial charge in [-0.1, -0.05) is 45.7 Å². The second kappa shape index (κ2) is 6.17. The van der Waals surface area contributed by atoms with Gasteiger partial charge in [0.1, 0.15) is 5.02 Å². The highest BCUT2D eigenvalue weighted by atomic mass is 79.9. The summed E-state index contributed by atoms with van der Waals surface area (Å²) in [6.07, 6.45) is 0. The Morgan fingerprint density at radius 3 is 2.61 bits per heavy atom. The number of halogens is 3. The molecular formula is C10H7BrCl2N2O3. The molecule has 1 aromatic carbocycles. The van der Waals surface area contributed by atoms with Gasteiger partial charge in [0.2, 0.25) is 0 Å². The first kappa shape index (κ1) is 14.9. The van der Waals surface area contributed by atoms with Gasteiger partial charge in [-0.25, -0.2) is 0 Å². The molecule has 0 aliphatic carbocycles. The number of hydrogen-bond donors (Lipinski definition) is 1. The molecule has 1 N–H and O–H groups in total. The first-order valence-corrected chi connectivity index (χ1v) is 6.12. The lowest BCUT2D eigenvalue weighted by atomic mass is 10.2. The van der Waals surface area contributed by atoms with Crippen molar-refractivity contribution in [3.05, 3.63) is 48.9 Å². The minimum absolute atomic E-state index is 0.0475. The van der Waals surface area contributed by atoms with E-state index in [1.54, 1.807) is 0 Å². The lowest BCUT2D eigenvalue weighted by Gasteiger charge is -2.05. The number of hydrogen-bond acceptors (Lipinski definition) is 3. The molecule has 0 aromatic heterocycles. The number of nitro benzene ring substituents is 1. The van der Waals surface area contributed by atoms with Crippen molar-refractivity contribution in [1.82, 2.24) is 5.32 Å². The summed E-state index contributed by atoms with van der Waals surface area (Å²) in [5.74, 6) is -0.503. The van der Waals surface area contributed by atoms with Gasteiger partial charge >= 0.3 is 0 Å². The number of amides is 1. The Morgan fingerprint density at radius 1 is 1.50 bits per heavy atom. The second-order valence-electron chi connectivity index (χ2n) is 3.25. The van der Waals surface area contributed by atoms with E-state index >= 15 is 0 Å². The lowest BCUT2D eigenvalue weighted by molar-refractivity contribution is -0.384. The Hall–Kier alpha value is -1.11. The number of benzene rings is 1. The summed E-state index contributed by atoms with van der Waals surface area (Å²) >= 11 is 14.5. The molecule has 1 aromatic rings. The van der Waals surface area contributed by atoms with Crippen molar-refractivity contribution in [3.8, 4) is 0 Å². The van der Waals surface area contributed by atoms with Gasteiger partial charge in [0.25, 0.3) is 11.6 Å². The molecule has 0 radical (unpaired) electrons. The highest BCUT2D eigenvalue weighted by Crippen LogP contribution is 2.32. The van der Waals surface area contributed by atoms with E-state index in [0.29, 0.717) is 4.48 Å². The van der Waals surface area contributed by atoms with E-state index in [-0.39, 0.29) is 22.2 Å². The number of carbonyl (C=O) groups is 1. The molecule has 0 saturated heterocycles. The van der Waals surface area contributed by atoms with Crippen LogP contribution >= 0.6 is 39.1 Å². The molecule has 5 nitrogen and oxygen atoms in total. The molecule has 0 aliphatic heterocycles. The summed E-state index contributed by atoms with van der Waals surface area (Å²) in [4.78, 5) is 21.7. The van der Waals surface area contributed by atoms with Crippen molar-refractivity contribution >= 4 is 50.7 Å². The number of nitrogens with zero attached hydrogens (tertiary/aromatic N) is 1. The normalized spacial score (nSPS) is 9.94. The quantitative estimate of drug-likeness (QED) is 0.664. The zero-order valence-electron chi connectivity index (χ0n) is 8.87. The van der Waals surface area contributed by atoms with Crippen LogP contribution in [0.15, 0.2) is 23.2 Å². The molecule has 1 rings (SSSR count). The summed E-state index contributed by atoms with van der Waals surface area (Å²) in [5.41, 5.74) is -0.350. The third-order valence-corrected chi connectivity index (χ3v) is 2.98. The van der Waals surface area contributed by atoms with Gasteiger partial charge in [0.15, 0.2) is 0 Å². The Balaban J connectivity index is 3.07. The summed E-state index contributed by atoms with van der Waals surface area (Å²) in [7, 11) is 0. The van der Waals surface area contributed by atoms with Crippen LogP contribution in [0.4, 0.5) is 5.69 Å². The Morgan fingerprint density at radius 2 is 2.11 bits per heavy atom. The molecule has 0 bridgehead atoms. The molecule has 1 amide bonds. The largest absolute Gasteiger partial charge is 0.347 e. The van der Waals surface area contributed by atoms with E-state index in [1.165, 1.54) is 6.07 Å². The molecule has 0 spiro atoms. The summed E-state index contributed by atoms with van der Waals surface area (Å²) in [5, 5.41) is 13.0. The molecule has 0 aliphatic rings. The minimum Gasteiger partial charge on any atom is -0.347 e. The van der Waals surface area contributed by atoms with Crippen LogP contribution in [0.5, 0.6) is 0 Å². The van der Waals surface area contributed by atoms with Crippen molar-refractivity contribution in [2.45, 2.75) is 0 Å². The van der Waals surface area contributed by atoms with Gasteiger partial charge in [-0.15, -0.1) is 0 Å². The van der Waals surface area contributed by atoms with E-state index in [1.807, 2.05) is 0 Å². The average Bonchev–Trinajstić information content (AvgIpc) is 2.28. The molecule has 8 heteroatoms. The standard InChI is InChI=1S/C10H7BrCl2N2O3/c1-5(11)4-14-10(16)6-2-7(12)9(13)8(3-6)15(17)18/h2-3H,1,4H2,(H,14,16). The number of nitrogens with one attached hydrogen (secondary N) is 1. The highest BCUT2D eigenvalue weighted by Gasteiger charge is 2.19. The summed E-state index contributed by atoms with van der Waals surface area (Å²) in [6.45, 7) is 3.75. The Labute approximate surface area is 121 Å². The van der Waals surface area contributed by atoms with Crippen LogP contribution in [0.3, 0.4) is 0 Å². The Bertz CT molecular complexity index is 534. The van der Waals surface area contributed by atoms with E-state index < -0.39 is 16.5 Å². The maximum atomic E-state index is 11.7. The Kier molecular flexibility index (Phi) is 5.13. The monoisotopic (exact) mass is 352 g/mol.